The number of unbranched alkanes of at least 4 members (excludes halogenated alkanes) is 20. The standard InChI is InChI=1S/C34H65NO3/c1-3-5-7-9-11-13-14-15-16-17-18-19-20-22-24-26-28-30-34(38)35-32(31-36)33(37)29-27-25-23-21-12-10-8-6-4-2/h15-16,27,29,32-33,36-37H,3-14,17-26,28,30-31H2,1-2H3,(H,35,38)/b16-15-,29-27+/t32-,33+/m0/s1. The molecule has 0 unspecified atom stereocenters. The predicted molar refractivity (Wildman–Crippen MR) is 165 cm³/mol. The van der Waals surface area contributed by atoms with Crippen molar-refractivity contribution in [1.82, 2.24) is 5.32 Å². The normalized spacial score (nSPS) is 13.5. The van der Waals surface area contributed by atoms with Crippen molar-refractivity contribution < 1.29 is 15.0 Å². The van der Waals surface area contributed by atoms with Gasteiger partial charge in [0.25, 0.3) is 0 Å². The Morgan fingerprint density at radius 1 is 0.605 bits per heavy atom. The van der Waals surface area contributed by atoms with Crippen LogP contribution in [0.3, 0.4) is 0 Å². The zero-order valence-corrected chi connectivity index (χ0v) is 25.4. The highest BCUT2D eigenvalue weighted by Gasteiger charge is 2.17. The van der Waals surface area contributed by atoms with E-state index in [2.05, 4.69) is 31.3 Å². The van der Waals surface area contributed by atoms with Crippen LogP contribution in [-0.4, -0.2) is 34.9 Å². The van der Waals surface area contributed by atoms with Crippen LogP contribution in [-0.2, 0) is 4.79 Å². The third-order valence-electron chi connectivity index (χ3n) is 7.43. The first-order valence-electron chi connectivity index (χ1n) is 16.6. The average Bonchev–Trinajstić information content (AvgIpc) is 2.92. The summed E-state index contributed by atoms with van der Waals surface area (Å²) in [7, 11) is 0. The zero-order valence-electron chi connectivity index (χ0n) is 25.4. The van der Waals surface area contributed by atoms with E-state index in [-0.39, 0.29) is 12.5 Å². The lowest BCUT2D eigenvalue weighted by Crippen LogP contribution is -2.45. The van der Waals surface area contributed by atoms with Gasteiger partial charge in [-0.15, -0.1) is 0 Å². The molecular weight excluding hydrogens is 470 g/mol. The summed E-state index contributed by atoms with van der Waals surface area (Å²) in [5.74, 6) is -0.0728. The molecule has 0 aliphatic rings. The Balaban J connectivity index is 3.62. The van der Waals surface area contributed by atoms with E-state index in [1.807, 2.05) is 6.08 Å². The summed E-state index contributed by atoms with van der Waals surface area (Å²) in [6, 6.07) is -0.618. The van der Waals surface area contributed by atoms with E-state index in [0.717, 1.165) is 25.7 Å². The number of rotatable bonds is 29. The van der Waals surface area contributed by atoms with Gasteiger partial charge in [0.2, 0.25) is 5.91 Å². The Kier molecular flexibility index (Phi) is 29.5. The molecule has 2 atom stereocenters. The molecular formula is C34H65NO3. The number of carbonyl (C=O) groups is 1. The van der Waals surface area contributed by atoms with Gasteiger partial charge in [0.05, 0.1) is 18.8 Å². The van der Waals surface area contributed by atoms with E-state index in [4.69, 9.17) is 0 Å². The fourth-order valence-electron chi connectivity index (χ4n) is 4.82. The fraction of sp³-hybridized carbons (Fsp3) is 0.853. The van der Waals surface area contributed by atoms with Gasteiger partial charge in [-0.1, -0.05) is 141 Å². The Labute approximate surface area is 237 Å². The van der Waals surface area contributed by atoms with Crippen LogP contribution in [0.25, 0.3) is 0 Å². The maximum atomic E-state index is 12.2. The first-order chi connectivity index (χ1) is 18.7. The Bertz CT molecular complexity index is 546. The van der Waals surface area contributed by atoms with E-state index in [1.165, 1.54) is 122 Å². The molecule has 4 heteroatoms. The number of hydrogen-bond acceptors (Lipinski definition) is 3. The predicted octanol–water partition coefficient (Wildman–Crippen LogP) is 9.34. The molecule has 3 N–H and O–H groups in total. The van der Waals surface area contributed by atoms with Gasteiger partial charge < -0.3 is 15.5 Å². The second-order valence-electron chi connectivity index (χ2n) is 11.2. The van der Waals surface area contributed by atoms with Crippen LogP contribution < -0.4 is 5.32 Å². The molecule has 1 amide bonds. The number of allylic oxidation sites excluding steroid dienone is 3. The van der Waals surface area contributed by atoms with Crippen LogP contribution in [0.1, 0.15) is 168 Å². The van der Waals surface area contributed by atoms with Crippen LogP contribution in [0.15, 0.2) is 24.3 Å². The minimum Gasteiger partial charge on any atom is -0.394 e. The summed E-state index contributed by atoms with van der Waals surface area (Å²) < 4.78 is 0. The molecule has 0 fully saturated rings. The highest BCUT2D eigenvalue weighted by molar-refractivity contribution is 5.76. The molecule has 0 aliphatic heterocycles. The largest absolute Gasteiger partial charge is 0.394 e. The van der Waals surface area contributed by atoms with E-state index in [9.17, 15) is 15.0 Å². The van der Waals surface area contributed by atoms with E-state index < -0.39 is 12.1 Å². The van der Waals surface area contributed by atoms with Crippen LogP contribution in [0, 0.1) is 0 Å². The number of hydrogen-bond donors (Lipinski definition) is 3. The number of carbonyl (C=O) groups excluding carboxylic acids is 1. The minimum atomic E-state index is -0.834. The topological polar surface area (TPSA) is 69.6 Å². The van der Waals surface area contributed by atoms with Gasteiger partial charge in [-0.25, -0.2) is 0 Å². The first-order valence-corrected chi connectivity index (χ1v) is 16.6. The second kappa shape index (κ2) is 30.4. The lowest BCUT2D eigenvalue weighted by Gasteiger charge is -2.20. The summed E-state index contributed by atoms with van der Waals surface area (Å²) in [5, 5.41) is 22.7. The van der Waals surface area contributed by atoms with Gasteiger partial charge in [0.1, 0.15) is 0 Å². The van der Waals surface area contributed by atoms with Crippen molar-refractivity contribution in [3.63, 3.8) is 0 Å². The third kappa shape index (κ3) is 26.5. The van der Waals surface area contributed by atoms with Crippen molar-refractivity contribution in [3.8, 4) is 0 Å². The summed E-state index contributed by atoms with van der Waals surface area (Å²) in [6.07, 6.45) is 36.8. The smallest absolute Gasteiger partial charge is 0.220 e. The van der Waals surface area contributed by atoms with E-state index in [1.54, 1.807) is 6.08 Å². The SMILES string of the molecule is CCCCCCCC/C=C\CCCCCCCCCC(=O)N[C@@H](CO)[C@H](O)/C=C/CCCCCCCCC. The Hall–Kier alpha value is -1.13. The highest BCUT2D eigenvalue weighted by Crippen LogP contribution is 2.12. The van der Waals surface area contributed by atoms with E-state index >= 15 is 0 Å². The van der Waals surface area contributed by atoms with Crippen LogP contribution in [0.2, 0.25) is 0 Å². The number of aliphatic hydroxyl groups is 2. The summed E-state index contributed by atoms with van der Waals surface area (Å²) in [4.78, 5) is 12.2. The molecule has 0 heterocycles. The van der Waals surface area contributed by atoms with Gasteiger partial charge in [0.15, 0.2) is 0 Å². The molecule has 224 valence electrons. The number of amides is 1. The maximum Gasteiger partial charge on any atom is 0.220 e. The summed E-state index contributed by atoms with van der Waals surface area (Å²) in [5.41, 5.74) is 0. The van der Waals surface area contributed by atoms with Gasteiger partial charge in [-0.2, -0.15) is 0 Å². The summed E-state index contributed by atoms with van der Waals surface area (Å²) in [6.45, 7) is 4.26. The van der Waals surface area contributed by atoms with Crippen molar-refractivity contribution in [3.05, 3.63) is 24.3 Å². The number of nitrogens with one attached hydrogen (secondary N) is 1. The van der Waals surface area contributed by atoms with Gasteiger partial charge >= 0.3 is 0 Å². The molecule has 0 radical (unpaired) electrons. The molecule has 0 aromatic heterocycles. The zero-order chi connectivity index (χ0) is 27.9. The molecule has 0 aromatic carbocycles. The van der Waals surface area contributed by atoms with Crippen LogP contribution in [0.5, 0.6) is 0 Å². The minimum absolute atomic E-state index is 0.0728. The maximum absolute atomic E-state index is 12.2. The molecule has 0 rings (SSSR count). The van der Waals surface area contributed by atoms with Crippen molar-refractivity contribution in [1.29, 1.82) is 0 Å². The molecule has 38 heavy (non-hydrogen) atoms. The summed E-state index contributed by atoms with van der Waals surface area (Å²) >= 11 is 0. The molecule has 0 bridgehead atoms. The molecule has 0 aliphatic carbocycles. The number of aliphatic hydroxyl groups excluding tert-OH is 2. The van der Waals surface area contributed by atoms with Crippen molar-refractivity contribution in [2.24, 2.45) is 0 Å². The van der Waals surface area contributed by atoms with Crippen molar-refractivity contribution >= 4 is 5.91 Å². The highest BCUT2D eigenvalue weighted by atomic mass is 16.3. The molecule has 4 nitrogen and oxygen atoms in total. The fourth-order valence-corrected chi connectivity index (χ4v) is 4.82. The molecule has 0 saturated carbocycles. The molecule has 0 saturated heterocycles. The van der Waals surface area contributed by atoms with Crippen LogP contribution in [0.4, 0.5) is 0 Å². The van der Waals surface area contributed by atoms with Gasteiger partial charge in [-0.3, -0.25) is 4.79 Å². The lowest BCUT2D eigenvalue weighted by molar-refractivity contribution is -0.123. The third-order valence-corrected chi connectivity index (χ3v) is 7.43. The first kappa shape index (κ1) is 36.9. The van der Waals surface area contributed by atoms with Gasteiger partial charge in [-0.05, 0) is 44.9 Å². The molecule has 0 spiro atoms. The van der Waals surface area contributed by atoms with Crippen molar-refractivity contribution in [2.75, 3.05) is 6.61 Å². The second-order valence-corrected chi connectivity index (χ2v) is 11.2. The van der Waals surface area contributed by atoms with E-state index in [0.29, 0.717) is 6.42 Å². The van der Waals surface area contributed by atoms with Crippen LogP contribution >= 0.6 is 0 Å². The van der Waals surface area contributed by atoms with Crippen molar-refractivity contribution in [2.45, 2.75) is 180 Å². The Morgan fingerprint density at radius 3 is 1.45 bits per heavy atom. The lowest BCUT2D eigenvalue weighted by atomic mass is 10.1. The quantitative estimate of drug-likeness (QED) is 0.0660. The van der Waals surface area contributed by atoms with Gasteiger partial charge in [0, 0.05) is 6.42 Å². The Morgan fingerprint density at radius 2 is 1.00 bits per heavy atom. The monoisotopic (exact) mass is 535 g/mol. The average molecular weight is 536 g/mol. The molecule has 0 aromatic rings.